The highest BCUT2D eigenvalue weighted by Gasteiger charge is 2.44. The van der Waals surface area contributed by atoms with Crippen LogP contribution in [0.25, 0.3) is 0 Å². The van der Waals surface area contributed by atoms with Gasteiger partial charge in [-0.3, -0.25) is 9.59 Å². The average molecular weight is 452 g/mol. The summed E-state index contributed by atoms with van der Waals surface area (Å²) in [5.41, 5.74) is 1.05. The van der Waals surface area contributed by atoms with Crippen LogP contribution < -0.4 is 14.8 Å². The second-order valence-electron chi connectivity index (χ2n) is 9.39. The van der Waals surface area contributed by atoms with Crippen molar-refractivity contribution in [1.29, 1.82) is 0 Å². The zero-order valence-electron chi connectivity index (χ0n) is 20.0. The molecule has 2 aromatic rings. The number of aliphatic hydroxyl groups is 1. The van der Waals surface area contributed by atoms with Gasteiger partial charge in [0, 0.05) is 18.5 Å². The molecule has 2 aromatic carbocycles. The number of amides is 1. The fourth-order valence-corrected chi connectivity index (χ4v) is 4.37. The van der Waals surface area contributed by atoms with Gasteiger partial charge in [-0.15, -0.1) is 0 Å². The number of benzene rings is 2. The Kier molecular flexibility index (Phi) is 7.15. The Labute approximate surface area is 195 Å². The van der Waals surface area contributed by atoms with E-state index in [1.54, 1.807) is 37.4 Å². The number of rotatable bonds is 7. The number of hydrogen-bond donors (Lipinski definition) is 2. The lowest BCUT2D eigenvalue weighted by molar-refractivity contribution is 0.0597. The molecule has 0 radical (unpaired) electrons. The highest BCUT2D eigenvalue weighted by Crippen LogP contribution is 2.41. The van der Waals surface area contributed by atoms with Gasteiger partial charge in [0.25, 0.3) is 5.91 Å². The SMILES string of the molecule is CCCC1(CCNC(=O)c2ccc(C(C)(C)C)c(OC)c2)Oc2ccccc2C(=O)/C1=C\O. The molecule has 1 amide bonds. The number of nitrogens with one attached hydrogen (secondary N) is 1. The van der Waals surface area contributed by atoms with E-state index < -0.39 is 5.60 Å². The largest absolute Gasteiger partial charge is 0.515 e. The lowest BCUT2D eigenvalue weighted by Crippen LogP contribution is -2.47. The van der Waals surface area contributed by atoms with Crippen molar-refractivity contribution in [3.8, 4) is 11.5 Å². The number of fused-ring (bicyclic) bond motifs is 1. The van der Waals surface area contributed by atoms with Gasteiger partial charge in [0.15, 0.2) is 5.78 Å². The topological polar surface area (TPSA) is 84.9 Å². The fourth-order valence-electron chi connectivity index (χ4n) is 4.37. The third-order valence-electron chi connectivity index (χ3n) is 6.04. The lowest BCUT2D eigenvalue weighted by Gasteiger charge is -2.39. The van der Waals surface area contributed by atoms with Gasteiger partial charge in [-0.2, -0.15) is 0 Å². The van der Waals surface area contributed by atoms with E-state index in [2.05, 4.69) is 26.1 Å². The van der Waals surface area contributed by atoms with Crippen LogP contribution >= 0.6 is 0 Å². The van der Waals surface area contributed by atoms with Gasteiger partial charge < -0.3 is 19.9 Å². The number of ether oxygens (including phenoxy) is 2. The van der Waals surface area contributed by atoms with Gasteiger partial charge in [-0.1, -0.05) is 52.3 Å². The van der Waals surface area contributed by atoms with Crippen LogP contribution in [0, 0.1) is 0 Å². The van der Waals surface area contributed by atoms with Crippen molar-refractivity contribution in [2.75, 3.05) is 13.7 Å². The van der Waals surface area contributed by atoms with Crippen LogP contribution in [-0.4, -0.2) is 36.1 Å². The van der Waals surface area contributed by atoms with E-state index in [0.29, 0.717) is 35.5 Å². The Balaban J connectivity index is 1.79. The molecular weight excluding hydrogens is 418 g/mol. The lowest BCUT2D eigenvalue weighted by atomic mass is 9.79. The number of hydrogen-bond acceptors (Lipinski definition) is 5. The summed E-state index contributed by atoms with van der Waals surface area (Å²) in [7, 11) is 1.60. The van der Waals surface area contributed by atoms with Crippen molar-refractivity contribution >= 4 is 11.7 Å². The smallest absolute Gasteiger partial charge is 0.251 e. The molecule has 1 aliphatic rings. The van der Waals surface area contributed by atoms with Crippen molar-refractivity contribution in [3.63, 3.8) is 0 Å². The molecule has 0 fully saturated rings. The third-order valence-corrected chi connectivity index (χ3v) is 6.04. The number of Topliss-reactive ketones (excluding diaryl/α,β-unsaturated/α-hetero) is 1. The second-order valence-corrected chi connectivity index (χ2v) is 9.39. The van der Waals surface area contributed by atoms with Crippen LogP contribution in [0.5, 0.6) is 11.5 Å². The molecule has 3 rings (SSSR count). The first kappa shape index (κ1) is 24.4. The first-order chi connectivity index (χ1) is 15.7. The van der Waals surface area contributed by atoms with Crippen LogP contribution in [-0.2, 0) is 5.41 Å². The summed E-state index contributed by atoms with van der Waals surface area (Å²) in [5.74, 6) is 0.676. The molecule has 0 saturated carbocycles. The van der Waals surface area contributed by atoms with Gasteiger partial charge >= 0.3 is 0 Å². The molecule has 1 unspecified atom stereocenters. The Morgan fingerprint density at radius 2 is 1.91 bits per heavy atom. The molecule has 6 nitrogen and oxygen atoms in total. The van der Waals surface area contributed by atoms with Crippen molar-refractivity contribution in [2.24, 2.45) is 0 Å². The maximum atomic E-state index is 13.0. The molecule has 1 aliphatic heterocycles. The third kappa shape index (κ3) is 4.90. The molecule has 1 atom stereocenters. The first-order valence-electron chi connectivity index (χ1n) is 11.3. The summed E-state index contributed by atoms with van der Waals surface area (Å²) < 4.78 is 11.8. The first-order valence-corrected chi connectivity index (χ1v) is 11.3. The van der Waals surface area contributed by atoms with E-state index in [1.807, 2.05) is 19.1 Å². The van der Waals surface area contributed by atoms with Crippen LogP contribution in [0.1, 0.15) is 73.2 Å². The molecule has 0 saturated heterocycles. The van der Waals surface area contributed by atoms with E-state index in [-0.39, 0.29) is 29.2 Å². The molecule has 0 aromatic heterocycles. The monoisotopic (exact) mass is 451 g/mol. The van der Waals surface area contributed by atoms with Crippen LogP contribution in [0.3, 0.4) is 0 Å². The quantitative estimate of drug-likeness (QED) is 0.437. The molecule has 0 aliphatic carbocycles. The number of aliphatic hydroxyl groups excluding tert-OH is 1. The van der Waals surface area contributed by atoms with Gasteiger partial charge in [0.1, 0.15) is 17.1 Å². The Bertz CT molecular complexity index is 1070. The van der Waals surface area contributed by atoms with Gasteiger partial charge in [-0.25, -0.2) is 0 Å². The zero-order valence-corrected chi connectivity index (χ0v) is 20.0. The van der Waals surface area contributed by atoms with Crippen molar-refractivity contribution in [3.05, 3.63) is 71.0 Å². The second kappa shape index (κ2) is 9.69. The van der Waals surface area contributed by atoms with Gasteiger partial charge in [0.05, 0.1) is 24.5 Å². The van der Waals surface area contributed by atoms with Crippen LogP contribution in [0.2, 0.25) is 0 Å². The van der Waals surface area contributed by atoms with E-state index in [9.17, 15) is 14.7 Å². The highest BCUT2D eigenvalue weighted by atomic mass is 16.5. The number of para-hydroxylation sites is 1. The molecule has 0 spiro atoms. The number of methoxy groups -OCH3 is 1. The standard InChI is InChI=1S/C27H33NO5/c1-6-13-27(21(17-29)24(30)19-9-7-8-10-22(19)33-27)14-15-28-25(31)18-11-12-20(26(2,3)4)23(16-18)32-5/h7-12,16-17,29H,6,13-15H2,1-5H3,(H,28,31)/b21-17+. The minimum atomic E-state index is -1.00. The summed E-state index contributed by atoms with van der Waals surface area (Å²) in [5, 5.41) is 12.8. The Morgan fingerprint density at radius 3 is 2.55 bits per heavy atom. The van der Waals surface area contributed by atoms with E-state index in [1.165, 1.54) is 0 Å². The molecule has 2 N–H and O–H groups in total. The minimum absolute atomic E-state index is 0.110. The minimum Gasteiger partial charge on any atom is -0.515 e. The van der Waals surface area contributed by atoms with Crippen molar-refractivity contribution in [2.45, 2.75) is 58.0 Å². The number of carbonyl (C=O) groups excluding carboxylic acids is 2. The van der Waals surface area contributed by atoms with Crippen LogP contribution in [0.15, 0.2) is 54.3 Å². The summed E-state index contributed by atoms with van der Waals surface area (Å²) in [6.45, 7) is 8.54. The Morgan fingerprint density at radius 1 is 1.18 bits per heavy atom. The molecule has 1 heterocycles. The van der Waals surface area contributed by atoms with E-state index in [0.717, 1.165) is 18.2 Å². The van der Waals surface area contributed by atoms with Gasteiger partial charge in [0.2, 0.25) is 0 Å². The summed E-state index contributed by atoms with van der Waals surface area (Å²) in [6.07, 6.45) is 2.47. The van der Waals surface area contributed by atoms with E-state index in [4.69, 9.17) is 9.47 Å². The molecular formula is C27H33NO5. The fraction of sp³-hybridized carbons (Fsp3) is 0.407. The summed E-state index contributed by atoms with van der Waals surface area (Å²) in [6, 6.07) is 12.5. The maximum Gasteiger partial charge on any atom is 0.251 e. The molecule has 0 bridgehead atoms. The Hall–Kier alpha value is -3.28. The summed E-state index contributed by atoms with van der Waals surface area (Å²) in [4.78, 5) is 25.9. The number of ketones is 1. The highest BCUT2D eigenvalue weighted by molar-refractivity contribution is 6.12. The normalized spacial score (nSPS) is 19.1. The average Bonchev–Trinajstić information content (AvgIpc) is 2.78. The van der Waals surface area contributed by atoms with Crippen LogP contribution in [0.4, 0.5) is 0 Å². The van der Waals surface area contributed by atoms with Crippen molar-refractivity contribution in [1.82, 2.24) is 5.32 Å². The zero-order chi connectivity index (χ0) is 24.2. The van der Waals surface area contributed by atoms with Crippen molar-refractivity contribution < 1.29 is 24.2 Å². The molecule has 6 heteroatoms. The predicted octanol–water partition coefficient (Wildman–Crippen LogP) is 5.37. The number of carbonyl (C=O) groups is 2. The maximum absolute atomic E-state index is 13.0. The molecule has 33 heavy (non-hydrogen) atoms. The summed E-state index contributed by atoms with van der Waals surface area (Å²) >= 11 is 0. The predicted molar refractivity (Wildman–Crippen MR) is 128 cm³/mol. The molecule has 176 valence electrons. The van der Waals surface area contributed by atoms with Gasteiger partial charge in [-0.05, 0) is 41.7 Å². The van der Waals surface area contributed by atoms with E-state index >= 15 is 0 Å².